The summed E-state index contributed by atoms with van der Waals surface area (Å²) in [6, 6.07) is 6.57. The second-order valence-corrected chi connectivity index (χ2v) is 4.14. The lowest BCUT2D eigenvalue weighted by Crippen LogP contribution is -2.36. The Balaban J connectivity index is 3.06. The number of esters is 1. The van der Waals surface area contributed by atoms with Crippen LogP contribution >= 0.6 is 0 Å². The zero-order valence-corrected chi connectivity index (χ0v) is 10.3. The van der Waals surface area contributed by atoms with Crippen LogP contribution in [0.4, 0.5) is 0 Å². The first kappa shape index (κ1) is 13.5. The van der Waals surface area contributed by atoms with Crippen LogP contribution in [-0.2, 0) is 14.9 Å². The van der Waals surface area contributed by atoms with Crippen LogP contribution in [0, 0.1) is 0 Å². The van der Waals surface area contributed by atoms with Gasteiger partial charge in [0.05, 0.1) is 12.0 Å². The van der Waals surface area contributed by atoms with Crippen molar-refractivity contribution in [3.05, 3.63) is 29.8 Å². The summed E-state index contributed by atoms with van der Waals surface area (Å²) in [4.78, 5) is 12.0. The predicted octanol–water partition coefficient (Wildman–Crippen LogP) is 1.56. The largest absolute Gasteiger partial charge is 0.508 e. The molecule has 0 saturated carbocycles. The first-order chi connectivity index (χ1) is 8.04. The third-order valence-electron chi connectivity index (χ3n) is 2.87. The van der Waals surface area contributed by atoms with Crippen molar-refractivity contribution in [1.82, 2.24) is 0 Å². The lowest BCUT2D eigenvalue weighted by Gasteiger charge is -2.27. The van der Waals surface area contributed by atoms with Crippen molar-refractivity contribution in [1.29, 1.82) is 0 Å². The highest BCUT2D eigenvalue weighted by Crippen LogP contribution is 2.30. The Labute approximate surface area is 101 Å². The standard InChI is InChI=1S/C13H19NO3/c1-3-17-12(16)13(2,8-9-14)10-4-6-11(15)7-5-10/h4-7,15H,3,8-9,14H2,1-2H3. The highest BCUT2D eigenvalue weighted by Gasteiger charge is 2.35. The molecule has 4 nitrogen and oxygen atoms in total. The Bertz CT molecular complexity index is 375. The molecule has 3 N–H and O–H groups in total. The molecule has 0 amide bonds. The number of carbonyl (C=O) groups excluding carboxylic acids is 1. The molecule has 94 valence electrons. The van der Waals surface area contributed by atoms with Crippen LogP contribution < -0.4 is 5.73 Å². The molecule has 1 aromatic carbocycles. The van der Waals surface area contributed by atoms with Gasteiger partial charge in [0.1, 0.15) is 5.75 Å². The Hall–Kier alpha value is -1.55. The number of ether oxygens (including phenoxy) is 1. The number of phenolic OH excluding ortho intramolecular Hbond substituents is 1. The van der Waals surface area contributed by atoms with E-state index in [0.717, 1.165) is 5.56 Å². The van der Waals surface area contributed by atoms with Gasteiger partial charge in [-0.3, -0.25) is 4.79 Å². The lowest BCUT2D eigenvalue weighted by molar-refractivity contribution is -0.149. The first-order valence-electron chi connectivity index (χ1n) is 5.71. The van der Waals surface area contributed by atoms with Crippen LogP contribution in [0.2, 0.25) is 0 Å². The number of rotatable bonds is 5. The van der Waals surface area contributed by atoms with Gasteiger partial charge >= 0.3 is 5.97 Å². The normalized spacial score (nSPS) is 14.1. The SMILES string of the molecule is CCOC(=O)C(C)(CCN)c1ccc(O)cc1. The molecule has 4 heteroatoms. The van der Waals surface area contributed by atoms with Crippen molar-refractivity contribution in [3.63, 3.8) is 0 Å². The van der Waals surface area contributed by atoms with Crippen molar-refractivity contribution in [2.75, 3.05) is 13.2 Å². The van der Waals surface area contributed by atoms with Gasteiger partial charge in [-0.2, -0.15) is 0 Å². The lowest BCUT2D eigenvalue weighted by atomic mass is 9.79. The van der Waals surface area contributed by atoms with Gasteiger partial charge in [0, 0.05) is 0 Å². The summed E-state index contributed by atoms with van der Waals surface area (Å²) >= 11 is 0. The maximum absolute atomic E-state index is 12.0. The Morgan fingerprint density at radius 3 is 2.47 bits per heavy atom. The van der Waals surface area contributed by atoms with Gasteiger partial charge in [0.2, 0.25) is 0 Å². The van der Waals surface area contributed by atoms with E-state index in [4.69, 9.17) is 10.5 Å². The molecule has 0 aliphatic carbocycles. The number of aromatic hydroxyl groups is 1. The molecule has 0 heterocycles. The van der Waals surface area contributed by atoms with Crippen molar-refractivity contribution < 1.29 is 14.6 Å². The Morgan fingerprint density at radius 2 is 2.00 bits per heavy atom. The topological polar surface area (TPSA) is 72.5 Å². The van der Waals surface area contributed by atoms with Gasteiger partial charge in [-0.15, -0.1) is 0 Å². The highest BCUT2D eigenvalue weighted by molar-refractivity contribution is 5.82. The second kappa shape index (κ2) is 5.68. The molecule has 0 fully saturated rings. The van der Waals surface area contributed by atoms with Gasteiger partial charge in [0.15, 0.2) is 0 Å². The number of hydrogen-bond acceptors (Lipinski definition) is 4. The minimum Gasteiger partial charge on any atom is -0.508 e. The van der Waals surface area contributed by atoms with E-state index in [0.29, 0.717) is 19.6 Å². The quantitative estimate of drug-likeness (QED) is 0.762. The average molecular weight is 237 g/mol. The molecule has 0 aliphatic heterocycles. The van der Waals surface area contributed by atoms with Gasteiger partial charge < -0.3 is 15.6 Å². The predicted molar refractivity (Wildman–Crippen MR) is 65.8 cm³/mol. The second-order valence-electron chi connectivity index (χ2n) is 4.14. The molecule has 0 aliphatic rings. The smallest absolute Gasteiger partial charge is 0.316 e. The third kappa shape index (κ3) is 2.97. The van der Waals surface area contributed by atoms with E-state index < -0.39 is 5.41 Å². The molecule has 0 saturated heterocycles. The Morgan fingerprint density at radius 1 is 1.41 bits per heavy atom. The Kier molecular flexibility index (Phi) is 4.52. The summed E-state index contributed by atoms with van der Waals surface area (Å²) in [7, 11) is 0. The zero-order valence-electron chi connectivity index (χ0n) is 10.3. The van der Waals surface area contributed by atoms with Crippen LogP contribution in [0.25, 0.3) is 0 Å². The summed E-state index contributed by atoms with van der Waals surface area (Å²) in [5.74, 6) is -0.108. The molecule has 1 unspecified atom stereocenters. The van der Waals surface area contributed by atoms with Crippen LogP contribution in [0.15, 0.2) is 24.3 Å². The summed E-state index contributed by atoms with van der Waals surface area (Å²) in [6.45, 7) is 4.33. The van der Waals surface area contributed by atoms with Crippen molar-refractivity contribution in [2.45, 2.75) is 25.7 Å². The third-order valence-corrected chi connectivity index (χ3v) is 2.87. The van der Waals surface area contributed by atoms with E-state index in [9.17, 15) is 9.90 Å². The van der Waals surface area contributed by atoms with E-state index in [-0.39, 0.29) is 11.7 Å². The van der Waals surface area contributed by atoms with Crippen LogP contribution in [0.5, 0.6) is 5.75 Å². The number of phenols is 1. The van der Waals surface area contributed by atoms with Crippen molar-refractivity contribution in [2.24, 2.45) is 5.73 Å². The molecule has 0 spiro atoms. The van der Waals surface area contributed by atoms with Gasteiger partial charge in [-0.1, -0.05) is 12.1 Å². The molecule has 1 aromatic rings. The van der Waals surface area contributed by atoms with E-state index in [1.54, 1.807) is 31.2 Å². The van der Waals surface area contributed by atoms with Gasteiger partial charge in [-0.25, -0.2) is 0 Å². The fraction of sp³-hybridized carbons (Fsp3) is 0.462. The molecule has 0 aromatic heterocycles. The van der Waals surface area contributed by atoms with Gasteiger partial charge in [-0.05, 0) is 44.5 Å². The number of benzene rings is 1. The summed E-state index contributed by atoms with van der Waals surface area (Å²) in [6.07, 6.45) is 0.511. The maximum Gasteiger partial charge on any atom is 0.316 e. The average Bonchev–Trinajstić information content (AvgIpc) is 2.30. The van der Waals surface area contributed by atoms with Crippen LogP contribution in [0.1, 0.15) is 25.8 Å². The molecular formula is C13H19NO3. The molecule has 0 bridgehead atoms. The summed E-state index contributed by atoms with van der Waals surface area (Å²) in [5, 5.41) is 9.25. The summed E-state index contributed by atoms with van der Waals surface area (Å²) in [5.41, 5.74) is 5.61. The van der Waals surface area contributed by atoms with Crippen molar-refractivity contribution in [3.8, 4) is 5.75 Å². The molecule has 1 atom stereocenters. The fourth-order valence-electron chi connectivity index (χ4n) is 1.77. The van der Waals surface area contributed by atoms with Crippen LogP contribution in [-0.4, -0.2) is 24.2 Å². The van der Waals surface area contributed by atoms with E-state index in [1.165, 1.54) is 0 Å². The maximum atomic E-state index is 12.0. The molecule has 17 heavy (non-hydrogen) atoms. The number of hydrogen-bond donors (Lipinski definition) is 2. The zero-order chi connectivity index (χ0) is 12.9. The van der Waals surface area contributed by atoms with Crippen LogP contribution in [0.3, 0.4) is 0 Å². The monoisotopic (exact) mass is 237 g/mol. The number of carbonyl (C=O) groups is 1. The van der Waals surface area contributed by atoms with Crippen molar-refractivity contribution >= 4 is 5.97 Å². The number of nitrogens with two attached hydrogens (primary N) is 1. The highest BCUT2D eigenvalue weighted by atomic mass is 16.5. The van der Waals surface area contributed by atoms with E-state index >= 15 is 0 Å². The van der Waals surface area contributed by atoms with E-state index in [1.807, 2.05) is 6.92 Å². The summed E-state index contributed by atoms with van der Waals surface area (Å²) < 4.78 is 5.09. The minimum absolute atomic E-state index is 0.174. The minimum atomic E-state index is -0.752. The molecule has 0 radical (unpaired) electrons. The molecular weight excluding hydrogens is 218 g/mol. The fourth-order valence-corrected chi connectivity index (χ4v) is 1.77. The van der Waals surface area contributed by atoms with E-state index in [2.05, 4.69) is 0 Å². The van der Waals surface area contributed by atoms with Gasteiger partial charge in [0.25, 0.3) is 0 Å². The first-order valence-corrected chi connectivity index (χ1v) is 5.71. The molecule has 1 rings (SSSR count).